The van der Waals surface area contributed by atoms with Gasteiger partial charge in [0.25, 0.3) is 5.91 Å². The average molecular weight is 420 g/mol. The lowest BCUT2D eigenvalue weighted by Crippen LogP contribution is -2.50. The predicted octanol–water partition coefficient (Wildman–Crippen LogP) is 2.20. The minimum Gasteiger partial charge on any atom is -0.336 e. The molecule has 0 radical (unpaired) electrons. The van der Waals surface area contributed by atoms with Gasteiger partial charge in [-0.2, -0.15) is 11.3 Å². The first-order valence-electron chi connectivity index (χ1n) is 7.74. The van der Waals surface area contributed by atoms with Crippen LogP contribution in [0.1, 0.15) is 10.4 Å². The fourth-order valence-corrected chi connectivity index (χ4v) is 5.77. The van der Waals surface area contributed by atoms with Gasteiger partial charge < -0.3 is 4.90 Å². The maximum absolute atomic E-state index is 12.3. The Labute approximate surface area is 160 Å². The average Bonchev–Trinajstić information content (AvgIpc) is 3.26. The first-order valence-corrected chi connectivity index (χ1v) is 11.4. The third-order valence-electron chi connectivity index (χ3n) is 3.96. The molecule has 1 aliphatic heterocycles. The Kier molecular flexibility index (Phi) is 6.13. The fourth-order valence-electron chi connectivity index (χ4n) is 2.59. The first kappa shape index (κ1) is 18.8. The molecule has 136 valence electrons. The van der Waals surface area contributed by atoms with Crippen LogP contribution in [0.2, 0.25) is 4.34 Å². The van der Waals surface area contributed by atoms with Gasteiger partial charge in [-0.15, -0.1) is 11.3 Å². The molecule has 3 heterocycles. The lowest BCUT2D eigenvalue weighted by atomic mass is 10.2. The summed E-state index contributed by atoms with van der Waals surface area (Å²) in [6.07, 6.45) is 0. The van der Waals surface area contributed by atoms with Gasteiger partial charge in [0.2, 0.25) is 10.0 Å². The zero-order valence-corrected chi connectivity index (χ0v) is 16.6. The summed E-state index contributed by atoms with van der Waals surface area (Å²) in [5.74, 6) is 0.0659. The third-order valence-corrected chi connectivity index (χ3v) is 7.83. The molecule has 1 N–H and O–H groups in total. The Bertz CT molecular complexity index is 812. The van der Waals surface area contributed by atoms with E-state index in [1.54, 1.807) is 6.07 Å². The molecule has 6 nitrogen and oxygen atoms in total. The lowest BCUT2D eigenvalue weighted by molar-refractivity contribution is 0.0640. The molecule has 3 rings (SSSR count). The number of carbonyl (C=O) groups is 1. The second kappa shape index (κ2) is 8.15. The van der Waals surface area contributed by atoms with E-state index in [1.165, 1.54) is 17.4 Å². The number of thiophene rings is 2. The van der Waals surface area contributed by atoms with Crippen molar-refractivity contribution in [1.82, 2.24) is 14.5 Å². The summed E-state index contributed by atoms with van der Waals surface area (Å²) in [4.78, 5) is 16.3. The van der Waals surface area contributed by atoms with Gasteiger partial charge in [-0.25, -0.2) is 13.1 Å². The number of piperazine rings is 1. The van der Waals surface area contributed by atoms with Crippen LogP contribution in [0.15, 0.2) is 33.2 Å². The summed E-state index contributed by atoms with van der Waals surface area (Å²) in [6, 6.07) is 4.92. The van der Waals surface area contributed by atoms with E-state index in [0.29, 0.717) is 30.5 Å². The van der Waals surface area contributed by atoms with Gasteiger partial charge in [0.05, 0.1) is 9.90 Å². The quantitative estimate of drug-likeness (QED) is 0.779. The highest BCUT2D eigenvalue weighted by Crippen LogP contribution is 2.25. The fraction of sp³-hybridized carbons (Fsp3) is 0.400. The molecule has 0 aromatic carbocycles. The van der Waals surface area contributed by atoms with Crippen molar-refractivity contribution in [2.75, 3.05) is 39.3 Å². The molecular formula is C15H18ClN3O3S3. The normalized spacial score (nSPS) is 16.3. The molecule has 0 unspecified atom stereocenters. The molecule has 1 aliphatic rings. The maximum atomic E-state index is 12.3. The van der Waals surface area contributed by atoms with Gasteiger partial charge in [0, 0.05) is 44.6 Å². The SMILES string of the molecule is O=C(c1ccsc1)N1CCN(CCNS(=O)(=O)c2ccc(Cl)s2)CC1. The molecular weight excluding hydrogens is 402 g/mol. The highest BCUT2D eigenvalue weighted by atomic mass is 35.5. The minimum absolute atomic E-state index is 0.0659. The predicted molar refractivity (Wildman–Crippen MR) is 101 cm³/mol. The second-order valence-corrected chi connectivity index (χ2v) is 10.1. The lowest BCUT2D eigenvalue weighted by Gasteiger charge is -2.34. The molecule has 0 bridgehead atoms. The van der Waals surface area contributed by atoms with Crippen LogP contribution in [0.5, 0.6) is 0 Å². The monoisotopic (exact) mass is 419 g/mol. The van der Waals surface area contributed by atoms with E-state index in [1.807, 2.05) is 21.7 Å². The second-order valence-electron chi connectivity index (χ2n) is 5.60. The van der Waals surface area contributed by atoms with Crippen LogP contribution in [0.25, 0.3) is 0 Å². The van der Waals surface area contributed by atoms with Gasteiger partial charge in [-0.1, -0.05) is 11.6 Å². The highest BCUT2D eigenvalue weighted by Gasteiger charge is 2.23. The van der Waals surface area contributed by atoms with Crippen LogP contribution in [-0.4, -0.2) is 63.4 Å². The number of hydrogen-bond donors (Lipinski definition) is 1. The third kappa shape index (κ3) is 4.81. The molecule has 0 saturated carbocycles. The van der Waals surface area contributed by atoms with Gasteiger partial charge in [0.1, 0.15) is 4.21 Å². The minimum atomic E-state index is -3.50. The van der Waals surface area contributed by atoms with Crippen LogP contribution < -0.4 is 4.72 Å². The van der Waals surface area contributed by atoms with E-state index in [9.17, 15) is 13.2 Å². The van der Waals surface area contributed by atoms with E-state index in [4.69, 9.17) is 11.6 Å². The van der Waals surface area contributed by atoms with E-state index >= 15 is 0 Å². The summed E-state index contributed by atoms with van der Waals surface area (Å²) in [7, 11) is -3.50. The molecule has 1 amide bonds. The highest BCUT2D eigenvalue weighted by molar-refractivity contribution is 7.91. The number of amides is 1. The summed E-state index contributed by atoms with van der Waals surface area (Å²) in [5.41, 5.74) is 0.737. The van der Waals surface area contributed by atoms with Crippen LogP contribution in [-0.2, 0) is 10.0 Å². The molecule has 0 spiro atoms. The number of rotatable bonds is 6. The van der Waals surface area contributed by atoms with Crippen molar-refractivity contribution in [3.63, 3.8) is 0 Å². The molecule has 0 aliphatic carbocycles. The summed E-state index contributed by atoms with van der Waals surface area (Å²) in [6.45, 7) is 3.73. The van der Waals surface area contributed by atoms with Gasteiger partial charge in [-0.05, 0) is 23.6 Å². The van der Waals surface area contributed by atoms with Crippen molar-refractivity contribution in [3.05, 3.63) is 38.9 Å². The van der Waals surface area contributed by atoms with Crippen LogP contribution >= 0.6 is 34.3 Å². The Balaban J connectivity index is 1.43. The summed E-state index contributed by atoms with van der Waals surface area (Å²) in [5, 5.41) is 3.76. The van der Waals surface area contributed by atoms with Crippen LogP contribution in [0.4, 0.5) is 0 Å². The van der Waals surface area contributed by atoms with Gasteiger partial charge in [-0.3, -0.25) is 9.69 Å². The van der Waals surface area contributed by atoms with Crippen molar-refractivity contribution < 1.29 is 13.2 Å². The summed E-state index contributed by atoms with van der Waals surface area (Å²) >= 11 is 8.34. The van der Waals surface area contributed by atoms with E-state index in [-0.39, 0.29) is 10.1 Å². The number of sulfonamides is 1. The molecule has 2 aromatic rings. The van der Waals surface area contributed by atoms with Crippen molar-refractivity contribution in [2.45, 2.75) is 4.21 Å². The standard InChI is InChI=1S/C15H18ClN3O3S3/c16-13-1-2-14(24-13)25(21,22)17-4-5-18-6-8-19(9-7-18)15(20)12-3-10-23-11-12/h1-3,10-11,17H,4-9H2. The van der Waals surface area contributed by atoms with Crippen molar-refractivity contribution in [3.8, 4) is 0 Å². The van der Waals surface area contributed by atoms with Crippen molar-refractivity contribution in [1.29, 1.82) is 0 Å². The van der Waals surface area contributed by atoms with E-state index in [0.717, 1.165) is 30.0 Å². The Morgan fingerprint density at radius 1 is 1.20 bits per heavy atom. The van der Waals surface area contributed by atoms with Gasteiger partial charge in [0.15, 0.2) is 0 Å². The summed E-state index contributed by atoms with van der Waals surface area (Å²) < 4.78 is 27.5. The first-order chi connectivity index (χ1) is 12.0. The number of nitrogens with one attached hydrogen (secondary N) is 1. The Hall–Kier alpha value is -0.970. The zero-order chi connectivity index (χ0) is 17.9. The van der Waals surface area contributed by atoms with E-state index < -0.39 is 10.0 Å². The Morgan fingerprint density at radius 3 is 2.56 bits per heavy atom. The number of nitrogens with zero attached hydrogens (tertiary/aromatic N) is 2. The van der Waals surface area contributed by atoms with Crippen molar-refractivity contribution >= 4 is 50.2 Å². The maximum Gasteiger partial charge on any atom is 0.254 e. The van der Waals surface area contributed by atoms with Crippen LogP contribution in [0.3, 0.4) is 0 Å². The zero-order valence-electron chi connectivity index (χ0n) is 13.4. The molecule has 10 heteroatoms. The Morgan fingerprint density at radius 2 is 1.96 bits per heavy atom. The number of carbonyl (C=O) groups excluding carboxylic acids is 1. The molecule has 0 atom stereocenters. The smallest absolute Gasteiger partial charge is 0.254 e. The topological polar surface area (TPSA) is 69.7 Å². The molecule has 2 aromatic heterocycles. The number of hydrogen-bond acceptors (Lipinski definition) is 6. The molecule has 25 heavy (non-hydrogen) atoms. The van der Waals surface area contributed by atoms with Crippen LogP contribution in [0, 0.1) is 0 Å². The molecule has 1 saturated heterocycles. The van der Waals surface area contributed by atoms with Gasteiger partial charge >= 0.3 is 0 Å². The number of halogens is 1. The largest absolute Gasteiger partial charge is 0.336 e. The van der Waals surface area contributed by atoms with E-state index in [2.05, 4.69) is 9.62 Å². The molecule has 1 fully saturated rings. The van der Waals surface area contributed by atoms with Crippen molar-refractivity contribution in [2.24, 2.45) is 0 Å².